The maximum atomic E-state index is 16.0. The number of halogens is 1. The number of hydrogen-bond acceptors (Lipinski definition) is 8. The van der Waals surface area contributed by atoms with Gasteiger partial charge in [-0.3, -0.25) is 4.79 Å². The van der Waals surface area contributed by atoms with Crippen LogP contribution in [0.15, 0.2) is 47.5 Å². The highest BCUT2D eigenvalue weighted by Crippen LogP contribution is 2.40. The summed E-state index contributed by atoms with van der Waals surface area (Å²) in [7, 11) is 6.47. The van der Waals surface area contributed by atoms with Gasteiger partial charge in [-0.25, -0.2) is 14.4 Å². The summed E-state index contributed by atoms with van der Waals surface area (Å²) in [4.78, 5) is 34.5. The first kappa shape index (κ1) is 32.9. The fourth-order valence-corrected chi connectivity index (χ4v) is 7.42. The Morgan fingerprint density at radius 3 is 2.32 bits per heavy atom. The normalized spacial score (nSPS) is 19.0. The molecular formula is C37H49FN8O. The third kappa shape index (κ3) is 6.99. The Kier molecular flexibility index (Phi) is 9.80. The second-order valence-electron chi connectivity index (χ2n) is 13.6. The number of aryl methyl sites for hydroxylation is 2. The topological polar surface area (TPSA) is 83.6 Å². The zero-order valence-electron chi connectivity index (χ0n) is 28.7. The largest absolute Gasteiger partial charge is 0.368 e. The van der Waals surface area contributed by atoms with E-state index < -0.39 is 0 Å². The van der Waals surface area contributed by atoms with Crippen molar-refractivity contribution in [1.29, 1.82) is 0 Å². The highest BCUT2D eigenvalue weighted by atomic mass is 19.1. The fourth-order valence-electron chi connectivity index (χ4n) is 7.42. The lowest BCUT2D eigenvalue weighted by atomic mass is 9.88. The fraction of sp³-hybridized carbons (Fsp3) is 0.486. The quantitative estimate of drug-likeness (QED) is 0.238. The van der Waals surface area contributed by atoms with Crippen LogP contribution in [0.1, 0.15) is 49.4 Å². The number of aromatic nitrogens is 3. The molecule has 0 amide bonds. The molecule has 9 nitrogen and oxygen atoms in total. The maximum absolute atomic E-state index is 16.0. The van der Waals surface area contributed by atoms with Gasteiger partial charge in [0.25, 0.3) is 5.56 Å². The number of fused-ring (bicyclic) bond motifs is 1. The van der Waals surface area contributed by atoms with Gasteiger partial charge in [-0.15, -0.1) is 0 Å². The minimum absolute atomic E-state index is 0.125. The second-order valence-corrected chi connectivity index (χ2v) is 13.6. The number of rotatable bonds is 9. The molecule has 1 saturated carbocycles. The number of likely N-dealkylation sites (N-methyl/N-ethyl adjacent to an activating group) is 1. The van der Waals surface area contributed by atoms with Gasteiger partial charge in [0, 0.05) is 90.8 Å². The van der Waals surface area contributed by atoms with Crippen molar-refractivity contribution >= 4 is 28.1 Å². The molecule has 0 radical (unpaired) electrons. The summed E-state index contributed by atoms with van der Waals surface area (Å²) < 4.78 is 16.0. The van der Waals surface area contributed by atoms with Gasteiger partial charge in [0.1, 0.15) is 11.6 Å². The van der Waals surface area contributed by atoms with Crippen molar-refractivity contribution in [1.82, 2.24) is 24.8 Å². The van der Waals surface area contributed by atoms with Gasteiger partial charge in [0.2, 0.25) is 0 Å². The van der Waals surface area contributed by atoms with Gasteiger partial charge in [-0.05, 0) is 109 Å². The molecular weight excluding hydrogens is 591 g/mol. The Hall–Kier alpha value is -4.02. The van der Waals surface area contributed by atoms with Crippen LogP contribution < -0.4 is 20.7 Å². The van der Waals surface area contributed by atoms with Gasteiger partial charge in [0.15, 0.2) is 5.82 Å². The number of benzene rings is 1. The molecule has 4 aromatic rings. The lowest BCUT2D eigenvalue weighted by molar-refractivity contribution is 0.214. The zero-order chi connectivity index (χ0) is 33.2. The summed E-state index contributed by atoms with van der Waals surface area (Å²) >= 11 is 0. The average molecular weight is 641 g/mol. The molecule has 2 aliphatic rings. The van der Waals surface area contributed by atoms with Gasteiger partial charge in [-0.2, -0.15) is 0 Å². The number of nitrogens with one attached hydrogen (secondary N) is 2. The number of piperazine rings is 1. The molecule has 0 atom stereocenters. The summed E-state index contributed by atoms with van der Waals surface area (Å²) in [6.07, 6.45) is 7.58. The molecule has 4 heterocycles. The first-order valence-electron chi connectivity index (χ1n) is 17.0. The van der Waals surface area contributed by atoms with E-state index in [0.717, 1.165) is 92.3 Å². The van der Waals surface area contributed by atoms with E-state index in [2.05, 4.69) is 81.2 Å². The number of H-pyrrole nitrogens is 1. The van der Waals surface area contributed by atoms with Crippen LogP contribution >= 0.6 is 0 Å². The Morgan fingerprint density at radius 2 is 1.68 bits per heavy atom. The van der Waals surface area contributed by atoms with Gasteiger partial charge in [-0.1, -0.05) is 0 Å². The maximum Gasteiger partial charge on any atom is 0.253 e. The van der Waals surface area contributed by atoms with E-state index in [1.165, 1.54) is 6.20 Å². The van der Waals surface area contributed by atoms with E-state index in [-0.39, 0.29) is 17.9 Å². The molecule has 0 spiro atoms. The molecule has 1 saturated heterocycles. The van der Waals surface area contributed by atoms with Crippen LogP contribution in [0.2, 0.25) is 0 Å². The van der Waals surface area contributed by atoms with E-state index in [1.807, 2.05) is 32.2 Å². The van der Waals surface area contributed by atoms with Crippen LogP contribution in [-0.2, 0) is 6.54 Å². The third-order valence-corrected chi connectivity index (χ3v) is 10.2. The Morgan fingerprint density at radius 1 is 0.957 bits per heavy atom. The minimum atomic E-state index is -0.347. The first-order chi connectivity index (χ1) is 22.6. The molecule has 1 aliphatic heterocycles. The minimum Gasteiger partial charge on any atom is -0.368 e. The molecule has 0 unspecified atom stereocenters. The molecule has 0 bridgehead atoms. The molecule has 10 heteroatoms. The van der Waals surface area contributed by atoms with E-state index in [1.54, 1.807) is 0 Å². The molecule has 3 aromatic heterocycles. The number of pyridine rings is 3. The molecule has 6 rings (SSSR count). The van der Waals surface area contributed by atoms with Crippen LogP contribution in [0.5, 0.6) is 0 Å². The average Bonchev–Trinajstić information content (AvgIpc) is 3.06. The monoisotopic (exact) mass is 640 g/mol. The molecule has 2 N–H and O–H groups in total. The van der Waals surface area contributed by atoms with E-state index in [4.69, 9.17) is 4.98 Å². The molecule has 2 fully saturated rings. The molecule has 47 heavy (non-hydrogen) atoms. The zero-order valence-corrected chi connectivity index (χ0v) is 28.7. The summed E-state index contributed by atoms with van der Waals surface area (Å²) in [5, 5.41) is 4.65. The van der Waals surface area contributed by atoms with Crippen molar-refractivity contribution in [3.05, 3.63) is 75.7 Å². The first-order valence-corrected chi connectivity index (χ1v) is 17.0. The highest BCUT2D eigenvalue weighted by molar-refractivity contribution is 6.03. The number of aromatic amines is 1. The number of nitrogens with zero attached hydrogens (tertiary/aromatic N) is 6. The number of anilines is 3. The Balaban J connectivity index is 1.42. The summed E-state index contributed by atoms with van der Waals surface area (Å²) in [5.74, 6) is 1.18. The third-order valence-electron chi connectivity index (χ3n) is 10.2. The Bertz CT molecular complexity index is 1760. The van der Waals surface area contributed by atoms with Gasteiger partial charge >= 0.3 is 0 Å². The van der Waals surface area contributed by atoms with E-state index in [9.17, 15) is 4.79 Å². The predicted octanol–water partition coefficient (Wildman–Crippen LogP) is 5.80. The Labute approximate surface area is 277 Å². The highest BCUT2D eigenvalue weighted by Gasteiger charge is 2.29. The van der Waals surface area contributed by atoms with Gasteiger partial charge < -0.3 is 29.9 Å². The summed E-state index contributed by atoms with van der Waals surface area (Å²) in [6.45, 7) is 11.0. The summed E-state index contributed by atoms with van der Waals surface area (Å²) in [5.41, 5.74) is 5.06. The van der Waals surface area contributed by atoms with Crippen molar-refractivity contribution in [2.24, 2.45) is 0 Å². The second kappa shape index (κ2) is 14.0. The molecule has 250 valence electrons. The van der Waals surface area contributed by atoms with Crippen LogP contribution in [0.4, 0.5) is 21.7 Å². The summed E-state index contributed by atoms with van der Waals surface area (Å²) in [6, 6.07) is 11.2. The van der Waals surface area contributed by atoms with Crippen LogP contribution in [-0.4, -0.2) is 90.7 Å². The van der Waals surface area contributed by atoms with Crippen molar-refractivity contribution in [3.63, 3.8) is 0 Å². The lowest BCUT2D eigenvalue weighted by Gasteiger charge is -2.40. The van der Waals surface area contributed by atoms with Crippen LogP contribution in [0, 0.1) is 19.7 Å². The van der Waals surface area contributed by atoms with Crippen molar-refractivity contribution < 1.29 is 4.39 Å². The lowest BCUT2D eigenvalue weighted by Crippen LogP contribution is -2.44. The smallest absolute Gasteiger partial charge is 0.253 e. The standard InChI is InChI=1S/C37H49FN8O/c1-7-46(29-11-9-28(10-12-29)43(4)5)33-20-27(26-8-13-34(39-21-26)45-16-14-44(6)15-17-45)19-30-35(33)32(38)23-41-36(30)40-22-31-24(2)18-25(3)42-37(31)47/h8,13,18-21,23,28-29H,7,9-12,14-17,22H2,1-6H3,(H,40,41)(H,42,47). The molecule has 1 aliphatic carbocycles. The van der Waals surface area contributed by atoms with E-state index >= 15 is 4.39 Å². The van der Waals surface area contributed by atoms with Crippen LogP contribution in [0.3, 0.4) is 0 Å². The van der Waals surface area contributed by atoms with Crippen molar-refractivity contribution in [2.75, 3.05) is 69.0 Å². The molecule has 1 aromatic carbocycles. The predicted molar refractivity (Wildman–Crippen MR) is 191 cm³/mol. The number of hydrogen-bond donors (Lipinski definition) is 2. The van der Waals surface area contributed by atoms with Gasteiger partial charge in [0.05, 0.1) is 6.20 Å². The van der Waals surface area contributed by atoms with Crippen molar-refractivity contribution in [3.8, 4) is 11.1 Å². The van der Waals surface area contributed by atoms with Crippen molar-refractivity contribution in [2.45, 2.75) is 65.1 Å². The SMILES string of the molecule is CCN(c1cc(-c2ccc(N3CCN(C)CC3)nc2)cc2c(NCc3c(C)cc(C)[nH]c3=O)ncc(F)c12)C1CCC(N(C)C)CC1. The van der Waals surface area contributed by atoms with Crippen LogP contribution in [0.25, 0.3) is 21.9 Å². The van der Waals surface area contributed by atoms with E-state index in [0.29, 0.717) is 34.2 Å².